The minimum atomic E-state index is -3.19. The average molecular weight is 291 g/mol. The number of hydrogen-bond acceptors (Lipinski definition) is 5. The van der Waals surface area contributed by atoms with Crippen LogP contribution in [0.1, 0.15) is 37.5 Å². The summed E-state index contributed by atoms with van der Waals surface area (Å²) in [6.45, 7) is 8.22. The molecule has 0 amide bonds. The smallest absolute Gasteiger partial charge is 0.209 e. The van der Waals surface area contributed by atoms with Gasteiger partial charge in [0.1, 0.15) is 0 Å². The van der Waals surface area contributed by atoms with Gasteiger partial charge in [0.15, 0.2) is 0 Å². The van der Waals surface area contributed by atoms with Crippen molar-refractivity contribution >= 4 is 21.4 Å². The summed E-state index contributed by atoms with van der Waals surface area (Å²) in [5.41, 5.74) is 0.472. The van der Waals surface area contributed by atoms with Crippen molar-refractivity contribution < 1.29 is 8.42 Å². The fraction of sp³-hybridized carbons (Fsp3) is 0.727. The molecule has 0 aliphatic carbocycles. The molecule has 1 aromatic heterocycles. The van der Waals surface area contributed by atoms with Crippen LogP contribution in [0.15, 0.2) is 5.38 Å². The summed E-state index contributed by atoms with van der Waals surface area (Å²) in [5.74, 6) is 0. The Morgan fingerprint density at radius 2 is 2.11 bits per heavy atom. The van der Waals surface area contributed by atoms with E-state index in [0.717, 1.165) is 10.7 Å². The third-order valence-corrected chi connectivity index (χ3v) is 4.11. The number of sulfonamides is 1. The van der Waals surface area contributed by atoms with Crippen molar-refractivity contribution in [2.75, 3.05) is 12.8 Å². The molecule has 2 N–H and O–H groups in total. The molecule has 1 unspecified atom stereocenters. The molecular weight excluding hydrogens is 270 g/mol. The summed E-state index contributed by atoms with van der Waals surface area (Å²) in [6.07, 6.45) is 1.17. The van der Waals surface area contributed by atoms with Crippen LogP contribution in [0.5, 0.6) is 0 Å². The van der Waals surface area contributed by atoms with E-state index in [2.05, 4.69) is 15.0 Å². The van der Waals surface area contributed by atoms with Gasteiger partial charge in [-0.1, -0.05) is 0 Å². The molecular formula is C11H21N3O2S2. The second-order valence-corrected chi connectivity index (χ2v) is 7.96. The van der Waals surface area contributed by atoms with Crippen molar-refractivity contribution in [3.05, 3.63) is 16.1 Å². The molecule has 1 atom stereocenters. The van der Waals surface area contributed by atoms with Gasteiger partial charge in [-0.15, -0.1) is 11.3 Å². The molecule has 0 fully saturated rings. The number of aryl methyl sites for hydroxylation is 1. The highest BCUT2D eigenvalue weighted by Gasteiger charge is 2.23. The van der Waals surface area contributed by atoms with Crippen LogP contribution in [0.2, 0.25) is 0 Å². The predicted molar refractivity (Wildman–Crippen MR) is 75.3 cm³/mol. The Bertz CT molecular complexity index is 494. The number of aromatic nitrogens is 1. The van der Waals surface area contributed by atoms with Gasteiger partial charge >= 0.3 is 0 Å². The zero-order valence-electron chi connectivity index (χ0n) is 11.4. The Balaban J connectivity index is 2.54. The van der Waals surface area contributed by atoms with Gasteiger partial charge in [0, 0.05) is 23.5 Å². The summed E-state index contributed by atoms with van der Waals surface area (Å²) in [4.78, 5) is 4.40. The Morgan fingerprint density at radius 3 is 2.56 bits per heavy atom. The maximum Gasteiger partial charge on any atom is 0.209 e. The van der Waals surface area contributed by atoms with E-state index in [-0.39, 0.29) is 6.04 Å². The number of thiazole rings is 1. The lowest BCUT2D eigenvalue weighted by Crippen LogP contribution is -2.50. The van der Waals surface area contributed by atoms with Crippen LogP contribution < -0.4 is 10.0 Å². The Morgan fingerprint density at radius 1 is 1.50 bits per heavy atom. The Hall–Kier alpha value is -0.500. The summed E-state index contributed by atoms with van der Waals surface area (Å²) in [7, 11) is -3.19. The molecule has 0 spiro atoms. The molecule has 5 nitrogen and oxygen atoms in total. The maximum atomic E-state index is 11.2. The van der Waals surface area contributed by atoms with Gasteiger partial charge in [0.2, 0.25) is 10.0 Å². The van der Waals surface area contributed by atoms with Crippen molar-refractivity contribution in [3.8, 4) is 0 Å². The van der Waals surface area contributed by atoms with Gasteiger partial charge in [-0.2, -0.15) is 0 Å². The molecule has 0 aromatic carbocycles. The summed E-state index contributed by atoms with van der Waals surface area (Å²) < 4.78 is 25.0. The van der Waals surface area contributed by atoms with E-state index in [1.54, 1.807) is 11.3 Å². The second-order valence-electron chi connectivity index (χ2n) is 5.15. The van der Waals surface area contributed by atoms with Crippen molar-refractivity contribution in [3.63, 3.8) is 0 Å². The monoisotopic (exact) mass is 291 g/mol. The minimum Gasteiger partial charge on any atom is -0.307 e. The van der Waals surface area contributed by atoms with E-state index in [1.165, 1.54) is 6.26 Å². The van der Waals surface area contributed by atoms with Gasteiger partial charge < -0.3 is 5.32 Å². The third-order valence-electron chi connectivity index (χ3n) is 2.39. The fourth-order valence-electron chi connectivity index (χ4n) is 1.63. The standard InChI is InChI=1S/C11H21N3O2S2/c1-8(10-6-17-9(2)13-10)12-7-11(3,4)14-18(5,15)16/h6,8,12,14H,7H2,1-5H3. The number of rotatable bonds is 6. The van der Waals surface area contributed by atoms with Crippen LogP contribution in [0, 0.1) is 6.92 Å². The highest BCUT2D eigenvalue weighted by Crippen LogP contribution is 2.16. The van der Waals surface area contributed by atoms with E-state index in [4.69, 9.17) is 0 Å². The first-order valence-corrected chi connectivity index (χ1v) is 8.50. The van der Waals surface area contributed by atoms with E-state index in [0.29, 0.717) is 6.54 Å². The van der Waals surface area contributed by atoms with Gasteiger partial charge in [0.05, 0.1) is 17.0 Å². The molecule has 0 radical (unpaired) electrons. The topological polar surface area (TPSA) is 71.1 Å². The lowest BCUT2D eigenvalue weighted by molar-refractivity contribution is 0.397. The van der Waals surface area contributed by atoms with E-state index in [9.17, 15) is 8.42 Å². The quantitative estimate of drug-likeness (QED) is 0.832. The molecule has 1 rings (SSSR count). The number of nitrogens with zero attached hydrogens (tertiary/aromatic N) is 1. The Kier molecular flexibility index (Phi) is 4.88. The molecule has 0 aliphatic rings. The summed E-state index contributed by atoms with van der Waals surface area (Å²) in [5, 5.41) is 6.34. The van der Waals surface area contributed by atoms with Crippen LogP contribution in [-0.4, -0.2) is 31.7 Å². The van der Waals surface area contributed by atoms with Crippen molar-refractivity contribution in [2.24, 2.45) is 0 Å². The molecule has 7 heteroatoms. The SMILES string of the molecule is Cc1nc(C(C)NCC(C)(C)NS(C)(=O)=O)cs1. The highest BCUT2D eigenvalue weighted by atomic mass is 32.2. The summed E-state index contributed by atoms with van der Waals surface area (Å²) >= 11 is 1.61. The second kappa shape index (κ2) is 5.64. The molecule has 1 aromatic rings. The van der Waals surface area contributed by atoms with Gasteiger partial charge in [-0.3, -0.25) is 0 Å². The summed E-state index contributed by atoms with van der Waals surface area (Å²) in [6, 6.07) is 0.107. The molecule has 0 saturated heterocycles. The van der Waals surface area contributed by atoms with Gasteiger partial charge in [-0.25, -0.2) is 18.1 Å². The minimum absolute atomic E-state index is 0.107. The highest BCUT2D eigenvalue weighted by molar-refractivity contribution is 7.88. The zero-order valence-corrected chi connectivity index (χ0v) is 13.1. The first-order chi connectivity index (χ1) is 8.09. The lowest BCUT2D eigenvalue weighted by Gasteiger charge is -2.27. The van der Waals surface area contributed by atoms with Crippen LogP contribution in [0.4, 0.5) is 0 Å². The fourth-order valence-corrected chi connectivity index (χ4v) is 3.41. The molecule has 1 heterocycles. The first-order valence-electron chi connectivity index (χ1n) is 5.73. The molecule has 0 bridgehead atoms. The van der Waals surface area contributed by atoms with Crippen LogP contribution >= 0.6 is 11.3 Å². The zero-order chi connectivity index (χ0) is 14.0. The molecule has 0 aliphatic heterocycles. The first kappa shape index (κ1) is 15.6. The van der Waals surface area contributed by atoms with Crippen molar-refractivity contribution in [1.82, 2.24) is 15.0 Å². The van der Waals surface area contributed by atoms with Crippen LogP contribution in [0.25, 0.3) is 0 Å². The average Bonchev–Trinajstić information content (AvgIpc) is 2.57. The number of nitrogens with one attached hydrogen (secondary N) is 2. The van der Waals surface area contributed by atoms with E-state index >= 15 is 0 Å². The normalized spacial score (nSPS) is 14.7. The van der Waals surface area contributed by atoms with Crippen molar-refractivity contribution in [1.29, 1.82) is 0 Å². The number of hydrogen-bond donors (Lipinski definition) is 2. The lowest BCUT2D eigenvalue weighted by atomic mass is 10.1. The largest absolute Gasteiger partial charge is 0.307 e. The maximum absolute atomic E-state index is 11.2. The van der Waals surface area contributed by atoms with Gasteiger partial charge in [-0.05, 0) is 27.7 Å². The molecule has 104 valence electrons. The van der Waals surface area contributed by atoms with Crippen LogP contribution in [0.3, 0.4) is 0 Å². The Labute approximate surface area is 113 Å². The van der Waals surface area contributed by atoms with Crippen molar-refractivity contribution in [2.45, 2.75) is 39.3 Å². The van der Waals surface area contributed by atoms with Gasteiger partial charge in [0.25, 0.3) is 0 Å². The predicted octanol–water partition coefficient (Wildman–Crippen LogP) is 1.43. The molecule has 0 saturated carbocycles. The van der Waals surface area contributed by atoms with E-state index < -0.39 is 15.6 Å². The third kappa shape index (κ3) is 5.43. The molecule has 18 heavy (non-hydrogen) atoms. The van der Waals surface area contributed by atoms with Crippen LogP contribution in [-0.2, 0) is 10.0 Å². The van der Waals surface area contributed by atoms with E-state index in [1.807, 2.05) is 33.1 Å².